The Morgan fingerprint density at radius 1 is 1.11 bits per heavy atom. The molecule has 2 unspecified atom stereocenters. The van der Waals surface area contributed by atoms with E-state index in [2.05, 4.69) is 45.0 Å². The Balaban J connectivity index is 2.87. The molecule has 0 aliphatic rings. The highest BCUT2D eigenvalue weighted by Gasteiger charge is 2.28. The summed E-state index contributed by atoms with van der Waals surface area (Å²) < 4.78 is 0. The van der Waals surface area contributed by atoms with E-state index in [4.69, 9.17) is 5.73 Å². The van der Waals surface area contributed by atoms with Gasteiger partial charge in [0.25, 0.3) is 0 Å². The maximum Gasteiger partial charge on any atom is 0.0580 e. The van der Waals surface area contributed by atoms with E-state index in [-0.39, 0.29) is 10.8 Å². The third-order valence-corrected chi connectivity index (χ3v) is 3.90. The van der Waals surface area contributed by atoms with Gasteiger partial charge in [-0.3, -0.25) is 0 Å². The number of nitrogens with two attached hydrogens (primary N) is 1. The van der Waals surface area contributed by atoms with Crippen LogP contribution in [-0.2, 0) is 11.8 Å². The van der Waals surface area contributed by atoms with Gasteiger partial charge in [0.05, 0.1) is 6.10 Å². The first-order valence-corrected chi connectivity index (χ1v) is 6.66. The molecule has 1 aromatic carbocycles. The molecule has 18 heavy (non-hydrogen) atoms. The normalized spacial score (nSPS) is 17.3. The van der Waals surface area contributed by atoms with E-state index in [0.29, 0.717) is 6.54 Å². The molecule has 2 heteroatoms. The van der Waals surface area contributed by atoms with Crippen molar-refractivity contribution in [2.45, 2.75) is 52.6 Å². The van der Waals surface area contributed by atoms with E-state index < -0.39 is 6.10 Å². The highest BCUT2D eigenvalue weighted by atomic mass is 16.3. The summed E-state index contributed by atoms with van der Waals surface area (Å²) in [6.07, 6.45) is 0.413. The van der Waals surface area contributed by atoms with Crippen molar-refractivity contribution in [3.63, 3.8) is 0 Å². The van der Waals surface area contributed by atoms with E-state index in [1.807, 2.05) is 13.8 Å². The third-order valence-electron chi connectivity index (χ3n) is 3.90. The molecule has 2 nitrogen and oxygen atoms in total. The first-order chi connectivity index (χ1) is 8.19. The SMILES string of the molecule is CC(O)C(C)(CN)Cc1ccc(C(C)(C)C)cc1. The topological polar surface area (TPSA) is 46.2 Å². The predicted molar refractivity (Wildman–Crippen MR) is 77.7 cm³/mol. The summed E-state index contributed by atoms with van der Waals surface area (Å²) >= 11 is 0. The maximum atomic E-state index is 9.84. The molecule has 0 spiro atoms. The van der Waals surface area contributed by atoms with Gasteiger partial charge in [0.15, 0.2) is 0 Å². The molecular formula is C16H27NO. The Kier molecular flexibility index (Phi) is 4.57. The maximum absolute atomic E-state index is 9.84. The number of aliphatic hydroxyl groups is 1. The Morgan fingerprint density at radius 3 is 1.94 bits per heavy atom. The van der Waals surface area contributed by atoms with Gasteiger partial charge >= 0.3 is 0 Å². The number of aliphatic hydroxyl groups excluding tert-OH is 1. The van der Waals surface area contributed by atoms with Gasteiger partial charge in [0, 0.05) is 12.0 Å². The largest absolute Gasteiger partial charge is 0.393 e. The zero-order chi connectivity index (χ0) is 14.0. The van der Waals surface area contributed by atoms with Gasteiger partial charge in [-0.25, -0.2) is 0 Å². The lowest BCUT2D eigenvalue weighted by Gasteiger charge is -2.31. The second-order valence-corrected chi connectivity index (χ2v) is 6.66. The van der Waals surface area contributed by atoms with E-state index in [0.717, 1.165) is 6.42 Å². The molecular weight excluding hydrogens is 222 g/mol. The van der Waals surface area contributed by atoms with Crippen molar-refractivity contribution in [3.8, 4) is 0 Å². The highest BCUT2D eigenvalue weighted by Crippen LogP contribution is 2.27. The van der Waals surface area contributed by atoms with Crippen molar-refractivity contribution < 1.29 is 5.11 Å². The molecule has 0 fully saturated rings. The molecule has 1 rings (SSSR count). The molecule has 0 amide bonds. The lowest BCUT2D eigenvalue weighted by atomic mass is 9.78. The standard InChI is InChI=1S/C16H27NO/c1-12(18)16(5,11-17)10-13-6-8-14(9-7-13)15(2,3)4/h6-9,12,18H,10-11,17H2,1-5H3. The van der Waals surface area contributed by atoms with Crippen LogP contribution in [0.4, 0.5) is 0 Å². The van der Waals surface area contributed by atoms with Crippen LogP contribution in [-0.4, -0.2) is 17.8 Å². The minimum absolute atomic E-state index is 0.181. The number of rotatable bonds is 4. The van der Waals surface area contributed by atoms with Gasteiger partial charge in [-0.15, -0.1) is 0 Å². The lowest BCUT2D eigenvalue weighted by Crippen LogP contribution is -2.39. The van der Waals surface area contributed by atoms with E-state index in [9.17, 15) is 5.11 Å². The fourth-order valence-corrected chi connectivity index (χ4v) is 1.98. The molecule has 1 aromatic rings. The van der Waals surface area contributed by atoms with Crippen LogP contribution in [0.5, 0.6) is 0 Å². The average Bonchev–Trinajstić information content (AvgIpc) is 2.28. The third kappa shape index (κ3) is 3.56. The highest BCUT2D eigenvalue weighted by molar-refractivity contribution is 5.28. The van der Waals surface area contributed by atoms with Crippen LogP contribution in [0, 0.1) is 5.41 Å². The minimum Gasteiger partial charge on any atom is -0.393 e. The van der Waals surface area contributed by atoms with Gasteiger partial charge < -0.3 is 10.8 Å². The number of hydrogen-bond acceptors (Lipinski definition) is 2. The van der Waals surface area contributed by atoms with Gasteiger partial charge in [-0.05, 0) is 29.9 Å². The Labute approximate surface area is 111 Å². The molecule has 2 atom stereocenters. The summed E-state index contributed by atoms with van der Waals surface area (Å²) in [6, 6.07) is 8.65. The van der Waals surface area contributed by atoms with Gasteiger partial charge in [-0.1, -0.05) is 52.0 Å². The second kappa shape index (κ2) is 5.41. The fourth-order valence-electron chi connectivity index (χ4n) is 1.98. The fraction of sp³-hybridized carbons (Fsp3) is 0.625. The van der Waals surface area contributed by atoms with Crippen LogP contribution in [0.15, 0.2) is 24.3 Å². The van der Waals surface area contributed by atoms with Crippen LogP contribution in [0.3, 0.4) is 0 Å². The molecule has 0 aromatic heterocycles. The zero-order valence-electron chi connectivity index (χ0n) is 12.3. The second-order valence-electron chi connectivity index (χ2n) is 6.66. The van der Waals surface area contributed by atoms with Gasteiger partial charge in [0.2, 0.25) is 0 Å². The van der Waals surface area contributed by atoms with Gasteiger partial charge in [-0.2, -0.15) is 0 Å². The molecule has 0 saturated heterocycles. The number of hydrogen-bond donors (Lipinski definition) is 2. The Morgan fingerprint density at radius 2 is 1.61 bits per heavy atom. The van der Waals surface area contributed by atoms with Crippen molar-refractivity contribution in [1.82, 2.24) is 0 Å². The first-order valence-electron chi connectivity index (χ1n) is 6.66. The first kappa shape index (κ1) is 15.2. The monoisotopic (exact) mass is 249 g/mol. The van der Waals surface area contributed by atoms with Gasteiger partial charge in [0.1, 0.15) is 0 Å². The molecule has 0 bridgehead atoms. The molecule has 0 radical (unpaired) electrons. The summed E-state index contributed by atoms with van der Waals surface area (Å²) in [4.78, 5) is 0. The molecule has 3 N–H and O–H groups in total. The summed E-state index contributed by atoms with van der Waals surface area (Å²) in [5.74, 6) is 0. The smallest absolute Gasteiger partial charge is 0.0580 e. The summed E-state index contributed by atoms with van der Waals surface area (Å²) in [5, 5.41) is 9.84. The van der Waals surface area contributed by atoms with Crippen molar-refractivity contribution in [2.24, 2.45) is 11.1 Å². The van der Waals surface area contributed by atoms with Crippen molar-refractivity contribution in [1.29, 1.82) is 0 Å². The quantitative estimate of drug-likeness (QED) is 0.862. The lowest BCUT2D eigenvalue weighted by molar-refractivity contribution is 0.0589. The zero-order valence-corrected chi connectivity index (χ0v) is 12.3. The van der Waals surface area contributed by atoms with Crippen molar-refractivity contribution in [3.05, 3.63) is 35.4 Å². The Bertz CT molecular complexity index is 375. The molecule has 0 aliphatic heterocycles. The molecule has 0 heterocycles. The molecule has 0 aliphatic carbocycles. The predicted octanol–water partition coefficient (Wildman–Crippen LogP) is 2.87. The van der Waals surface area contributed by atoms with Crippen molar-refractivity contribution in [2.75, 3.05) is 6.54 Å². The number of benzene rings is 1. The van der Waals surface area contributed by atoms with E-state index in [1.165, 1.54) is 11.1 Å². The summed E-state index contributed by atoms with van der Waals surface area (Å²) in [7, 11) is 0. The summed E-state index contributed by atoms with van der Waals surface area (Å²) in [5.41, 5.74) is 8.29. The molecule has 0 saturated carbocycles. The summed E-state index contributed by atoms with van der Waals surface area (Å²) in [6.45, 7) is 11.0. The minimum atomic E-state index is -0.398. The van der Waals surface area contributed by atoms with Crippen LogP contribution in [0.25, 0.3) is 0 Å². The van der Waals surface area contributed by atoms with E-state index in [1.54, 1.807) is 0 Å². The average molecular weight is 249 g/mol. The van der Waals surface area contributed by atoms with E-state index >= 15 is 0 Å². The van der Waals surface area contributed by atoms with Crippen molar-refractivity contribution >= 4 is 0 Å². The van der Waals surface area contributed by atoms with Crippen LogP contribution < -0.4 is 5.73 Å². The Hall–Kier alpha value is -0.860. The van der Waals surface area contributed by atoms with Crippen LogP contribution in [0.1, 0.15) is 45.7 Å². The van der Waals surface area contributed by atoms with Crippen LogP contribution >= 0.6 is 0 Å². The van der Waals surface area contributed by atoms with Crippen LogP contribution in [0.2, 0.25) is 0 Å². The molecule has 102 valence electrons.